The number of likely N-dealkylation sites (tertiary alicyclic amines) is 1. The van der Waals surface area contributed by atoms with E-state index >= 15 is 0 Å². The van der Waals surface area contributed by atoms with Gasteiger partial charge >= 0.3 is 0 Å². The first kappa shape index (κ1) is 22.3. The molecule has 170 valence electrons. The second-order valence-corrected chi connectivity index (χ2v) is 8.77. The number of anilines is 1. The molecule has 0 radical (unpaired) electrons. The van der Waals surface area contributed by atoms with Crippen LogP contribution in [0.5, 0.6) is 5.75 Å². The van der Waals surface area contributed by atoms with Crippen molar-refractivity contribution in [1.82, 2.24) is 4.90 Å². The molecule has 2 aromatic carbocycles. The first-order valence-corrected chi connectivity index (χ1v) is 11.7. The second-order valence-electron chi connectivity index (χ2n) is 8.77. The zero-order valence-corrected chi connectivity index (χ0v) is 18.6. The highest BCUT2D eigenvalue weighted by atomic mass is 19.1. The standard InChI is InChI=1S/C26H31FN2O3/c1-2-16-32-24-17-21(28-25(30)19-9-11-20(27)12-10-19)13-14-22(24)26(31)29-15-5-7-18-6-3-4-8-23(18)29/h9-14,17-18,23H,2-8,15-16H2,1H3,(H,28,30)/t18-,23-/m1/s1. The van der Waals surface area contributed by atoms with Gasteiger partial charge in [0.2, 0.25) is 0 Å². The summed E-state index contributed by atoms with van der Waals surface area (Å²) in [5.74, 6) is 0.385. The Morgan fingerprint density at radius 2 is 1.81 bits per heavy atom. The van der Waals surface area contributed by atoms with Gasteiger partial charge in [0.25, 0.3) is 11.8 Å². The van der Waals surface area contributed by atoms with Crippen LogP contribution < -0.4 is 10.1 Å². The maximum Gasteiger partial charge on any atom is 0.257 e. The van der Waals surface area contributed by atoms with Crippen molar-refractivity contribution in [2.75, 3.05) is 18.5 Å². The highest BCUT2D eigenvalue weighted by Gasteiger charge is 2.36. The number of halogens is 1. The minimum absolute atomic E-state index is 0.0177. The summed E-state index contributed by atoms with van der Waals surface area (Å²) in [5, 5.41) is 2.82. The van der Waals surface area contributed by atoms with Gasteiger partial charge in [0.1, 0.15) is 11.6 Å². The van der Waals surface area contributed by atoms with Crippen molar-refractivity contribution in [1.29, 1.82) is 0 Å². The molecular weight excluding hydrogens is 407 g/mol. The molecule has 0 aromatic heterocycles. The molecule has 2 aliphatic rings. The van der Waals surface area contributed by atoms with E-state index in [0.29, 0.717) is 41.1 Å². The fraction of sp³-hybridized carbons (Fsp3) is 0.462. The number of amides is 2. The van der Waals surface area contributed by atoms with E-state index < -0.39 is 5.82 Å². The van der Waals surface area contributed by atoms with Crippen LogP contribution in [0.15, 0.2) is 42.5 Å². The predicted molar refractivity (Wildman–Crippen MR) is 123 cm³/mol. The molecule has 0 unspecified atom stereocenters. The van der Waals surface area contributed by atoms with Crippen molar-refractivity contribution < 1.29 is 18.7 Å². The van der Waals surface area contributed by atoms with Gasteiger partial charge in [0, 0.05) is 29.9 Å². The molecule has 5 nitrogen and oxygen atoms in total. The first-order valence-electron chi connectivity index (χ1n) is 11.7. The molecule has 1 heterocycles. The number of carbonyl (C=O) groups excluding carboxylic acids is 2. The Labute approximate surface area is 188 Å². The Morgan fingerprint density at radius 1 is 1.06 bits per heavy atom. The summed E-state index contributed by atoms with van der Waals surface area (Å²) in [4.78, 5) is 28.1. The molecule has 0 spiro atoms. The molecule has 1 aliphatic heterocycles. The second kappa shape index (κ2) is 10.2. The van der Waals surface area contributed by atoms with Gasteiger partial charge < -0.3 is 15.0 Å². The van der Waals surface area contributed by atoms with Crippen molar-refractivity contribution >= 4 is 17.5 Å². The number of nitrogens with zero attached hydrogens (tertiary/aromatic N) is 1. The molecule has 2 fully saturated rings. The van der Waals surface area contributed by atoms with Crippen LogP contribution in [0, 0.1) is 11.7 Å². The third-order valence-corrected chi connectivity index (χ3v) is 6.54. The molecule has 2 aromatic rings. The van der Waals surface area contributed by atoms with E-state index in [4.69, 9.17) is 4.74 Å². The normalized spacial score (nSPS) is 20.4. The lowest BCUT2D eigenvalue weighted by molar-refractivity contribution is 0.0387. The van der Waals surface area contributed by atoms with Gasteiger partial charge in [-0.25, -0.2) is 4.39 Å². The van der Waals surface area contributed by atoms with Gasteiger partial charge in [0.15, 0.2) is 0 Å². The van der Waals surface area contributed by atoms with E-state index in [2.05, 4.69) is 10.2 Å². The van der Waals surface area contributed by atoms with E-state index in [-0.39, 0.29) is 11.8 Å². The molecule has 0 bridgehead atoms. The smallest absolute Gasteiger partial charge is 0.257 e. The summed E-state index contributed by atoms with van der Waals surface area (Å²) >= 11 is 0. The highest BCUT2D eigenvalue weighted by Crippen LogP contribution is 2.37. The molecule has 32 heavy (non-hydrogen) atoms. The quantitative estimate of drug-likeness (QED) is 0.633. The average Bonchev–Trinajstić information content (AvgIpc) is 2.82. The van der Waals surface area contributed by atoms with Gasteiger partial charge in [-0.15, -0.1) is 0 Å². The van der Waals surface area contributed by atoms with Crippen LogP contribution in [0.3, 0.4) is 0 Å². The van der Waals surface area contributed by atoms with E-state index in [1.807, 2.05) is 6.92 Å². The van der Waals surface area contributed by atoms with Crippen molar-refractivity contribution in [2.45, 2.75) is 57.9 Å². The van der Waals surface area contributed by atoms with Gasteiger partial charge in [0.05, 0.1) is 12.2 Å². The van der Waals surface area contributed by atoms with Crippen LogP contribution in [0.2, 0.25) is 0 Å². The number of nitrogens with one attached hydrogen (secondary N) is 1. The molecule has 1 aliphatic carbocycles. The Bertz CT molecular complexity index is 958. The van der Waals surface area contributed by atoms with E-state index in [1.54, 1.807) is 18.2 Å². The minimum Gasteiger partial charge on any atom is -0.493 e. The van der Waals surface area contributed by atoms with Crippen LogP contribution in [0.4, 0.5) is 10.1 Å². The maximum absolute atomic E-state index is 13.5. The van der Waals surface area contributed by atoms with Crippen molar-refractivity contribution in [3.8, 4) is 5.75 Å². The van der Waals surface area contributed by atoms with E-state index in [1.165, 1.54) is 49.9 Å². The predicted octanol–water partition coefficient (Wildman–Crippen LogP) is 5.66. The van der Waals surface area contributed by atoms with Gasteiger partial charge in [-0.05, 0) is 74.4 Å². The fourth-order valence-electron chi connectivity index (χ4n) is 4.94. The molecule has 6 heteroatoms. The number of carbonyl (C=O) groups is 2. The average molecular weight is 439 g/mol. The number of fused-ring (bicyclic) bond motifs is 1. The maximum atomic E-state index is 13.5. The zero-order chi connectivity index (χ0) is 22.5. The topological polar surface area (TPSA) is 58.6 Å². The van der Waals surface area contributed by atoms with E-state index in [0.717, 1.165) is 25.8 Å². The summed E-state index contributed by atoms with van der Waals surface area (Å²) in [5.41, 5.74) is 1.44. The molecule has 1 N–H and O–H groups in total. The van der Waals surface area contributed by atoms with Crippen molar-refractivity contribution in [3.05, 3.63) is 59.4 Å². The summed E-state index contributed by atoms with van der Waals surface area (Å²) in [6.45, 7) is 3.29. The zero-order valence-electron chi connectivity index (χ0n) is 18.6. The van der Waals surface area contributed by atoms with Gasteiger partial charge in [-0.3, -0.25) is 9.59 Å². The lowest BCUT2D eigenvalue weighted by Crippen LogP contribution is -2.49. The number of rotatable bonds is 6. The van der Waals surface area contributed by atoms with Crippen molar-refractivity contribution in [2.24, 2.45) is 5.92 Å². The van der Waals surface area contributed by atoms with Crippen LogP contribution in [0.1, 0.15) is 72.6 Å². The Hall–Kier alpha value is -2.89. The number of piperidine rings is 1. The summed E-state index contributed by atoms with van der Waals surface area (Å²) < 4.78 is 19.1. The van der Waals surface area contributed by atoms with Crippen molar-refractivity contribution in [3.63, 3.8) is 0 Å². The summed E-state index contributed by atoms with van der Waals surface area (Å²) in [6, 6.07) is 10.9. The third-order valence-electron chi connectivity index (χ3n) is 6.54. The number of benzene rings is 2. The number of ether oxygens (including phenoxy) is 1. The molecule has 4 rings (SSSR count). The molecular formula is C26H31FN2O3. The largest absolute Gasteiger partial charge is 0.493 e. The van der Waals surface area contributed by atoms with Crippen LogP contribution >= 0.6 is 0 Å². The summed E-state index contributed by atoms with van der Waals surface area (Å²) in [7, 11) is 0. The van der Waals surface area contributed by atoms with Crippen LogP contribution in [-0.2, 0) is 0 Å². The Balaban J connectivity index is 1.55. The summed E-state index contributed by atoms with van der Waals surface area (Å²) in [6.07, 6.45) is 7.80. The highest BCUT2D eigenvalue weighted by molar-refractivity contribution is 6.05. The first-order chi connectivity index (χ1) is 15.6. The van der Waals surface area contributed by atoms with Gasteiger partial charge in [-0.1, -0.05) is 19.8 Å². The lowest BCUT2D eigenvalue weighted by Gasteiger charge is -2.44. The monoisotopic (exact) mass is 438 g/mol. The van der Waals surface area contributed by atoms with Gasteiger partial charge in [-0.2, -0.15) is 0 Å². The molecule has 2 atom stereocenters. The number of hydrogen-bond acceptors (Lipinski definition) is 3. The Morgan fingerprint density at radius 3 is 2.59 bits per heavy atom. The third kappa shape index (κ3) is 4.95. The fourth-order valence-corrected chi connectivity index (χ4v) is 4.94. The number of hydrogen-bond donors (Lipinski definition) is 1. The SMILES string of the molecule is CCCOc1cc(NC(=O)c2ccc(F)cc2)ccc1C(=O)N1CCC[C@H]2CCCC[C@H]21. The van der Waals surface area contributed by atoms with Crippen LogP contribution in [0.25, 0.3) is 0 Å². The molecule has 2 amide bonds. The molecule has 1 saturated heterocycles. The van der Waals surface area contributed by atoms with E-state index in [9.17, 15) is 14.0 Å². The Kier molecular flexibility index (Phi) is 7.08. The van der Waals surface area contributed by atoms with Crippen LogP contribution in [-0.4, -0.2) is 35.9 Å². The minimum atomic E-state index is -0.391. The lowest BCUT2D eigenvalue weighted by atomic mass is 9.78. The molecule has 1 saturated carbocycles.